The summed E-state index contributed by atoms with van der Waals surface area (Å²) in [7, 11) is 0. The van der Waals surface area contributed by atoms with Gasteiger partial charge < -0.3 is 44.0 Å². The van der Waals surface area contributed by atoms with Crippen LogP contribution in [0.25, 0.3) is 17.2 Å². The molecule has 3 N–H and O–H groups in total. The van der Waals surface area contributed by atoms with Gasteiger partial charge in [-0.3, -0.25) is 14.9 Å². The van der Waals surface area contributed by atoms with Gasteiger partial charge in [0.05, 0.1) is 43.0 Å². The number of nitro groups is 1. The number of nitro benzene ring substituents is 1. The summed E-state index contributed by atoms with van der Waals surface area (Å²) in [4.78, 5) is 34.0. The van der Waals surface area contributed by atoms with E-state index in [2.05, 4.69) is 30.9 Å². The molecule has 8 rings (SSSR count). The number of carbonyl (C=O) groups is 1. The second-order valence-electron chi connectivity index (χ2n) is 18.6. The molecule has 5 aromatic rings. The third-order valence-electron chi connectivity index (χ3n) is 14.0. The molecule has 1 fully saturated rings. The topological polar surface area (TPSA) is 183 Å². The smallest absolute Gasteiger partial charge is 0.269 e. The number of non-ortho nitro benzene ring substituents is 1. The van der Waals surface area contributed by atoms with Gasteiger partial charge in [0.2, 0.25) is 11.7 Å². The Bertz CT molecular complexity index is 2690. The Labute approximate surface area is 427 Å². The molecule has 6 atom stereocenters. The van der Waals surface area contributed by atoms with Crippen LogP contribution >= 0.6 is 0 Å². The molecule has 0 saturated heterocycles. The van der Waals surface area contributed by atoms with E-state index >= 15 is 4.79 Å². The van der Waals surface area contributed by atoms with Crippen LogP contribution in [0.2, 0.25) is 0 Å². The minimum Gasteiger partial charge on any atom is -0.459 e. The Balaban J connectivity index is 1.29. The molecule has 0 aromatic heterocycles. The number of fused-ring (bicyclic) bond motifs is 2. The van der Waals surface area contributed by atoms with Gasteiger partial charge in [-0.1, -0.05) is 103 Å². The first kappa shape index (κ1) is 52.4. The molecule has 5 aromatic carbocycles. The first-order chi connectivity index (χ1) is 35.8. The van der Waals surface area contributed by atoms with Crippen molar-refractivity contribution in [3.8, 4) is 28.4 Å². The normalized spacial score (nSPS) is 21.4. The summed E-state index contributed by atoms with van der Waals surface area (Å²) in [6.07, 6.45) is 11.4. The molecule has 0 unspecified atom stereocenters. The second kappa shape index (κ2) is 25.6. The molecule has 14 heteroatoms. The number of rotatable bonds is 26. The predicted octanol–water partition coefficient (Wildman–Crippen LogP) is 10.4. The summed E-state index contributed by atoms with van der Waals surface area (Å²) in [5.41, 5.74) is 6.01. The SMILES string of the molecule is C=CCO[C@@]12Oc3ccc(Oc4ccc(-c5ccccc5)cc4)cc3[C@H]3[C@H](CCCCO)[C@@H](CCCCO)C=C(C(=NOCc4ccccc4)C[C@@H]1N(CCOCCO)C(=O)C=Cc1ccc([N+](=O)[O-])cc1)[C@H]32. The summed E-state index contributed by atoms with van der Waals surface area (Å²) in [5, 5.41) is 46.2. The Kier molecular flexibility index (Phi) is 18.4. The minimum atomic E-state index is -1.55. The molecule has 1 heterocycles. The number of amides is 1. The van der Waals surface area contributed by atoms with Crippen molar-refractivity contribution in [2.24, 2.45) is 22.9 Å². The zero-order valence-corrected chi connectivity index (χ0v) is 41.1. The van der Waals surface area contributed by atoms with Crippen molar-refractivity contribution < 1.29 is 48.8 Å². The van der Waals surface area contributed by atoms with E-state index < -0.39 is 28.6 Å². The third-order valence-corrected chi connectivity index (χ3v) is 14.0. The van der Waals surface area contributed by atoms with Gasteiger partial charge in [0.1, 0.15) is 29.9 Å². The summed E-state index contributed by atoms with van der Waals surface area (Å²) in [6, 6.07) is 38.8. The lowest BCUT2D eigenvalue weighted by Gasteiger charge is -2.60. The maximum atomic E-state index is 15.0. The van der Waals surface area contributed by atoms with Gasteiger partial charge in [-0.25, -0.2) is 0 Å². The Morgan fingerprint density at radius 1 is 0.836 bits per heavy atom. The van der Waals surface area contributed by atoms with Gasteiger partial charge in [-0.2, -0.15) is 0 Å². The van der Waals surface area contributed by atoms with Crippen LogP contribution in [0.1, 0.15) is 67.6 Å². The third kappa shape index (κ3) is 12.6. The second-order valence-corrected chi connectivity index (χ2v) is 18.6. The van der Waals surface area contributed by atoms with Crippen LogP contribution in [0.3, 0.4) is 0 Å². The Hall–Kier alpha value is -6.94. The standard InChI is InChI=1S/C59H65N3O11/c1-2-35-70-59-55(61(31-36-69-37-34-65)56(66)30-21-42-19-24-47(25-20-42)62(67)68)40-53(60-71-41-43-13-5-3-6-14-43)51-38-46(17-9-11-32-63)50(18-10-12-33-64)57(58(51)59)52-39-49(28-29-54(52)73-59)72-48-26-22-45(23-27-48)44-15-7-4-8-16-44/h2-8,13-16,19-30,38-39,46,50,55,57-58,63-65H,1,9-12,17-18,31-37,40-41H2/t46-,50+,55-,57+,58+,59+/m0/s1. The van der Waals surface area contributed by atoms with Crippen LogP contribution < -0.4 is 9.47 Å². The van der Waals surface area contributed by atoms with Gasteiger partial charge in [0, 0.05) is 55.9 Å². The number of hydrogen-bond donors (Lipinski definition) is 3. The quantitative estimate of drug-likeness (QED) is 0.0158. The molecular formula is C59H65N3O11. The van der Waals surface area contributed by atoms with E-state index in [1.54, 1.807) is 29.2 Å². The van der Waals surface area contributed by atoms with Crippen molar-refractivity contribution in [3.63, 3.8) is 0 Å². The molecule has 1 amide bonds. The molecule has 0 bridgehead atoms. The highest BCUT2D eigenvalue weighted by Gasteiger charge is 2.65. The van der Waals surface area contributed by atoms with Gasteiger partial charge in [-0.05, 0) is 114 Å². The lowest BCUT2D eigenvalue weighted by Crippen LogP contribution is -2.70. The van der Waals surface area contributed by atoms with Crippen LogP contribution in [-0.4, -0.2) is 94.8 Å². The fourth-order valence-corrected chi connectivity index (χ4v) is 10.7. The molecule has 0 spiro atoms. The molecule has 2 aliphatic carbocycles. The fraction of sp³-hybridized carbons (Fsp3) is 0.356. The number of unbranched alkanes of at least 4 members (excludes halogenated alkanes) is 2. The number of hydrogen-bond acceptors (Lipinski definition) is 12. The van der Waals surface area contributed by atoms with E-state index in [0.29, 0.717) is 41.4 Å². The molecule has 14 nitrogen and oxygen atoms in total. The maximum Gasteiger partial charge on any atom is 0.269 e. The van der Waals surface area contributed by atoms with Gasteiger partial charge in [-0.15, -0.1) is 6.58 Å². The van der Waals surface area contributed by atoms with Gasteiger partial charge >= 0.3 is 0 Å². The number of oxime groups is 1. The minimum absolute atomic E-state index is 0.00442. The molecule has 1 aliphatic heterocycles. The van der Waals surface area contributed by atoms with Crippen LogP contribution in [-0.2, 0) is 25.7 Å². The van der Waals surface area contributed by atoms with E-state index in [9.17, 15) is 25.4 Å². The first-order valence-electron chi connectivity index (χ1n) is 25.3. The zero-order chi connectivity index (χ0) is 51.0. The van der Waals surface area contributed by atoms with Crippen LogP contribution in [0.15, 0.2) is 163 Å². The molecule has 73 heavy (non-hydrogen) atoms. The highest BCUT2D eigenvalue weighted by atomic mass is 16.7. The van der Waals surface area contributed by atoms with Crippen molar-refractivity contribution in [3.05, 3.63) is 185 Å². The lowest BCUT2D eigenvalue weighted by atomic mass is 9.55. The maximum absolute atomic E-state index is 15.0. The summed E-state index contributed by atoms with van der Waals surface area (Å²) >= 11 is 0. The number of aliphatic hydroxyl groups excluding tert-OH is 3. The lowest BCUT2D eigenvalue weighted by molar-refractivity contribution is -0.384. The van der Waals surface area contributed by atoms with Crippen molar-refractivity contribution >= 4 is 23.4 Å². The number of carbonyl (C=O) groups excluding carboxylic acids is 1. The first-order valence-corrected chi connectivity index (χ1v) is 25.3. The van der Waals surface area contributed by atoms with E-state index in [0.717, 1.165) is 53.5 Å². The molecule has 1 saturated carbocycles. The van der Waals surface area contributed by atoms with E-state index in [1.165, 1.54) is 18.2 Å². The van der Waals surface area contributed by atoms with Crippen molar-refractivity contribution in [1.82, 2.24) is 4.90 Å². The Morgan fingerprint density at radius 2 is 1.53 bits per heavy atom. The van der Waals surface area contributed by atoms with Gasteiger partial charge in [0.25, 0.3) is 5.69 Å². The van der Waals surface area contributed by atoms with Crippen molar-refractivity contribution in [2.45, 2.75) is 69.3 Å². The monoisotopic (exact) mass is 991 g/mol. The average Bonchev–Trinajstić information content (AvgIpc) is 3.42. The highest BCUT2D eigenvalue weighted by molar-refractivity contribution is 6.03. The van der Waals surface area contributed by atoms with Gasteiger partial charge in [0.15, 0.2) is 0 Å². The number of aliphatic hydroxyl groups is 3. The summed E-state index contributed by atoms with van der Waals surface area (Å²) in [5.74, 6) is -1.04. The van der Waals surface area contributed by atoms with E-state index in [4.69, 9.17) is 28.9 Å². The Morgan fingerprint density at radius 3 is 2.23 bits per heavy atom. The number of ether oxygens (including phenoxy) is 4. The van der Waals surface area contributed by atoms with Crippen LogP contribution in [0.5, 0.6) is 17.2 Å². The van der Waals surface area contributed by atoms with Crippen molar-refractivity contribution in [1.29, 1.82) is 0 Å². The van der Waals surface area contributed by atoms with E-state index in [-0.39, 0.29) is 82.7 Å². The molecule has 3 aliphatic rings. The van der Waals surface area contributed by atoms with Crippen LogP contribution in [0, 0.1) is 27.9 Å². The predicted molar refractivity (Wildman–Crippen MR) is 280 cm³/mol. The van der Waals surface area contributed by atoms with Crippen LogP contribution in [0.4, 0.5) is 5.69 Å². The van der Waals surface area contributed by atoms with Crippen molar-refractivity contribution in [2.75, 3.05) is 46.2 Å². The molecular weight excluding hydrogens is 927 g/mol. The number of benzene rings is 5. The number of allylic oxidation sites excluding steroid dienone is 1. The fourth-order valence-electron chi connectivity index (χ4n) is 10.7. The summed E-state index contributed by atoms with van der Waals surface area (Å²) in [6.45, 7) is 4.41. The highest BCUT2D eigenvalue weighted by Crippen LogP contribution is 2.62. The molecule has 0 radical (unpaired) electrons. The average molecular weight is 992 g/mol. The number of nitrogens with zero attached hydrogens (tertiary/aromatic N) is 3. The molecule has 382 valence electrons. The zero-order valence-electron chi connectivity index (χ0n) is 41.1. The largest absolute Gasteiger partial charge is 0.459 e. The summed E-state index contributed by atoms with van der Waals surface area (Å²) < 4.78 is 27.1. The van der Waals surface area contributed by atoms with E-state index in [1.807, 2.05) is 84.9 Å².